The molecule has 5 heteroatoms. The Morgan fingerprint density at radius 2 is 2.00 bits per heavy atom. The van der Waals surface area contributed by atoms with E-state index in [1.165, 1.54) is 0 Å². The zero-order valence-corrected chi connectivity index (χ0v) is 10.0. The third-order valence-corrected chi connectivity index (χ3v) is 2.87. The molecule has 1 heterocycles. The predicted molar refractivity (Wildman–Crippen MR) is 64.0 cm³/mol. The maximum Gasteiger partial charge on any atom is 0.229 e. The van der Waals surface area contributed by atoms with Crippen molar-refractivity contribution >= 4 is 34.8 Å². The van der Waals surface area contributed by atoms with Crippen LogP contribution in [0.1, 0.15) is 6.42 Å². The van der Waals surface area contributed by atoms with E-state index in [-0.39, 0.29) is 11.8 Å². The van der Waals surface area contributed by atoms with Crippen molar-refractivity contribution in [2.24, 2.45) is 5.92 Å². The van der Waals surface area contributed by atoms with Crippen LogP contribution >= 0.6 is 23.2 Å². The number of nitrogens with one attached hydrogen (secondary N) is 1. The fourth-order valence-electron chi connectivity index (χ4n) is 1.61. The molecule has 1 amide bonds. The summed E-state index contributed by atoms with van der Waals surface area (Å²) in [5.41, 5.74) is 0.620. The van der Waals surface area contributed by atoms with Crippen molar-refractivity contribution in [2.45, 2.75) is 6.42 Å². The molecule has 0 radical (unpaired) electrons. The maximum atomic E-state index is 11.8. The van der Waals surface area contributed by atoms with Crippen molar-refractivity contribution in [2.75, 3.05) is 18.5 Å². The van der Waals surface area contributed by atoms with Gasteiger partial charge in [0.1, 0.15) is 0 Å². The molecule has 1 aromatic rings. The first-order valence-electron chi connectivity index (χ1n) is 5.00. The summed E-state index contributed by atoms with van der Waals surface area (Å²) in [6, 6.07) is 4.96. The lowest BCUT2D eigenvalue weighted by Crippen LogP contribution is -2.22. The molecule has 1 atom stereocenters. The van der Waals surface area contributed by atoms with Gasteiger partial charge in [0.25, 0.3) is 0 Å². The Balaban J connectivity index is 2.05. The van der Waals surface area contributed by atoms with Crippen molar-refractivity contribution < 1.29 is 9.53 Å². The Kier molecular flexibility index (Phi) is 3.69. The number of carbonyl (C=O) groups is 1. The molecule has 1 aliphatic rings. The van der Waals surface area contributed by atoms with Gasteiger partial charge in [-0.05, 0) is 24.6 Å². The topological polar surface area (TPSA) is 38.3 Å². The highest BCUT2D eigenvalue weighted by atomic mass is 35.5. The summed E-state index contributed by atoms with van der Waals surface area (Å²) in [7, 11) is 0. The average Bonchev–Trinajstić information content (AvgIpc) is 2.68. The minimum absolute atomic E-state index is 0.0455. The molecule has 16 heavy (non-hydrogen) atoms. The average molecular weight is 260 g/mol. The van der Waals surface area contributed by atoms with Gasteiger partial charge in [-0.3, -0.25) is 4.79 Å². The summed E-state index contributed by atoms with van der Waals surface area (Å²) in [6.45, 7) is 1.13. The lowest BCUT2D eigenvalue weighted by atomic mass is 10.1. The molecule has 0 spiro atoms. The Hall–Kier alpha value is -0.770. The first-order valence-corrected chi connectivity index (χ1v) is 5.75. The van der Waals surface area contributed by atoms with Crippen LogP contribution in [-0.4, -0.2) is 19.1 Å². The molecule has 3 nitrogen and oxygen atoms in total. The maximum absolute atomic E-state index is 11.8. The van der Waals surface area contributed by atoms with E-state index in [4.69, 9.17) is 27.9 Å². The Labute approximate surface area is 104 Å². The molecule has 1 unspecified atom stereocenters. The van der Waals surface area contributed by atoms with Gasteiger partial charge < -0.3 is 10.1 Å². The lowest BCUT2D eigenvalue weighted by molar-refractivity contribution is -0.119. The van der Waals surface area contributed by atoms with E-state index >= 15 is 0 Å². The van der Waals surface area contributed by atoms with Gasteiger partial charge in [-0.25, -0.2) is 0 Å². The minimum atomic E-state index is -0.0715. The summed E-state index contributed by atoms with van der Waals surface area (Å²) in [5, 5.41) is 3.79. The van der Waals surface area contributed by atoms with Gasteiger partial charge in [-0.1, -0.05) is 23.2 Å². The molecule has 0 saturated carbocycles. The van der Waals surface area contributed by atoms with Crippen LogP contribution < -0.4 is 5.32 Å². The summed E-state index contributed by atoms with van der Waals surface area (Å²) in [6.07, 6.45) is 0.764. The van der Waals surface area contributed by atoms with Gasteiger partial charge in [0.15, 0.2) is 0 Å². The van der Waals surface area contributed by atoms with Gasteiger partial charge in [-0.2, -0.15) is 0 Å². The lowest BCUT2D eigenvalue weighted by Gasteiger charge is -2.09. The van der Waals surface area contributed by atoms with Crippen LogP contribution in [0.5, 0.6) is 0 Å². The molecule has 1 saturated heterocycles. The smallest absolute Gasteiger partial charge is 0.229 e. The quantitative estimate of drug-likeness (QED) is 0.887. The van der Waals surface area contributed by atoms with E-state index in [2.05, 4.69) is 5.32 Å². The Morgan fingerprint density at radius 1 is 1.31 bits per heavy atom. The van der Waals surface area contributed by atoms with Crippen molar-refractivity contribution in [3.8, 4) is 0 Å². The molecule has 86 valence electrons. The fourth-order valence-corrected chi connectivity index (χ4v) is 2.14. The SMILES string of the molecule is O=C(Nc1cc(Cl)cc(Cl)c1)C1CCOC1. The first kappa shape index (κ1) is 11.7. The number of benzene rings is 1. The number of carbonyl (C=O) groups excluding carboxylic acids is 1. The monoisotopic (exact) mass is 259 g/mol. The van der Waals surface area contributed by atoms with Crippen molar-refractivity contribution in [3.63, 3.8) is 0 Å². The normalized spacial score (nSPS) is 19.8. The Morgan fingerprint density at radius 3 is 2.56 bits per heavy atom. The number of halogens is 2. The number of ether oxygens (including phenoxy) is 1. The van der Waals surface area contributed by atoms with Gasteiger partial charge in [-0.15, -0.1) is 0 Å². The largest absolute Gasteiger partial charge is 0.381 e. The number of hydrogen-bond donors (Lipinski definition) is 1. The summed E-state index contributed by atoms with van der Waals surface area (Å²) < 4.78 is 5.15. The highest BCUT2D eigenvalue weighted by Crippen LogP contribution is 2.23. The van der Waals surface area contributed by atoms with Crippen LogP contribution in [0.3, 0.4) is 0 Å². The van der Waals surface area contributed by atoms with E-state index in [1.54, 1.807) is 18.2 Å². The van der Waals surface area contributed by atoms with Crippen molar-refractivity contribution in [1.29, 1.82) is 0 Å². The third kappa shape index (κ3) is 2.88. The molecule has 1 fully saturated rings. The fraction of sp³-hybridized carbons (Fsp3) is 0.364. The molecule has 0 aromatic heterocycles. The van der Waals surface area contributed by atoms with Gasteiger partial charge >= 0.3 is 0 Å². The first-order chi connectivity index (χ1) is 7.65. The zero-order chi connectivity index (χ0) is 11.5. The van der Waals surface area contributed by atoms with Crippen LogP contribution in [0.15, 0.2) is 18.2 Å². The van der Waals surface area contributed by atoms with E-state index in [0.29, 0.717) is 28.9 Å². The van der Waals surface area contributed by atoms with E-state index in [9.17, 15) is 4.79 Å². The molecule has 2 rings (SSSR count). The van der Waals surface area contributed by atoms with Gasteiger partial charge in [0, 0.05) is 22.3 Å². The van der Waals surface area contributed by atoms with Gasteiger partial charge in [0.2, 0.25) is 5.91 Å². The van der Waals surface area contributed by atoms with E-state index in [1.807, 2.05) is 0 Å². The summed E-state index contributed by atoms with van der Waals surface area (Å²) in [5.74, 6) is -0.117. The van der Waals surface area contributed by atoms with E-state index < -0.39 is 0 Å². The zero-order valence-electron chi connectivity index (χ0n) is 8.50. The number of rotatable bonds is 2. The number of amides is 1. The van der Waals surface area contributed by atoms with Gasteiger partial charge in [0.05, 0.1) is 12.5 Å². The Bertz CT molecular complexity index is 383. The molecule has 1 aromatic carbocycles. The molecule has 1 aliphatic heterocycles. The van der Waals surface area contributed by atoms with Crippen LogP contribution in [0.25, 0.3) is 0 Å². The van der Waals surface area contributed by atoms with Crippen LogP contribution in [0.2, 0.25) is 10.0 Å². The number of hydrogen-bond acceptors (Lipinski definition) is 2. The predicted octanol–water partition coefficient (Wildman–Crippen LogP) is 2.97. The minimum Gasteiger partial charge on any atom is -0.381 e. The number of anilines is 1. The molecule has 0 aliphatic carbocycles. The van der Waals surface area contributed by atoms with Crippen LogP contribution in [-0.2, 0) is 9.53 Å². The summed E-state index contributed by atoms with van der Waals surface area (Å²) in [4.78, 5) is 11.8. The second kappa shape index (κ2) is 5.04. The molecular formula is C11H11Cl2NO2. The molecular weight excluding hydrogens is 249 g/mol. The third-order valence-electron chi connectivity index (χ3n) is 2.43. The molecule has 0 bridgehead atoms. The standard InChI is InChI=1S/C11H11Cl2NO2/c12-8-3-9(13)5-10(4-8)14-11(15)7-1-2-16-6-7/h3-5,7H,1-2,6H2,(H,14,15). The molecule has 1 N–H and O–H groups in total. The second-order valence-corrected chi connectivity index (χ2v) is 4.58. The summed E-state index contributed by atoms with van der Waals surface area (Å²) >= 11 is 11.7. The highest BCUT2D eigenvalue weighted by molar-refractivity contribution is 6.35. The van der Waals surface area contributed by atoms with Crippen LogP contribution in [0.4, 0.5) is 5.69 Å². The second-order valence-electron chi connectivity index (χ2n) is 3.71. The van der Waals surface area contributed by atoms with Crippen molar-refractivity contribution in [1.82, 2.24) is 0 Å². The van der Waals surface area contributed by atoms with Crippen molar-refractivity contribution in [3.05, 3.63) is 28.2 Å². The van der Waals surface area contributed by atoms with Crippen LogP contribution in [0, 0.1) is 5.92 Å². The van der Waals surface area contributed by atoms with E-state index in [0.717, 1.165) is 6.42 Å². The highest BCUT2D eigenvalue weighted by Gasteiger charge is 2.23.